The zero-order chi connectivity index (χ0) is 8.27. The van der Waals surface area contributed by atoms with Crippen molar-refractivity contribution in [2.75, 3.05) is 0 Å². The van der Waals surface area contributed by atoms with Gasteiger partial charge in [0.05, 0.1) is 11.1 Å². The first-order chi connectivity index (χ1) is 5.25. The van der Waals surface area contributed by atoms with Crippen LogP contribution >= 0.6 is 0 Å². The number of hydrogen-bond donors (Lipinski definition) is 1. The fourth-order valence-corrected chi connectivity index (χ4v) is 0.767. The summed E-state index contributed by atoms with van der Waals surface area (Å²) in [5.41, 5.74) is 0.245. The van der Waals surface area contributed by atoms with Crippen LogP contribution in [0.3, 0.4) is 0 Å². The molecule has 0 atom stereocenters. The van der Waals surface area contributed by atoms with Crippen LogP contribution in [0.25, 0.3) is 0 Å². The first kappa shape index (κ1) is 11.1. The smallest absolute Gasteiger partial charge is 0.337 e. The molecule has 0 amide bonds. The van der Waals surface area contributed by atoms with E-state index in [2.05, 4.69) is 0 Å². The van der Waals surface area contributed by atoms with Crippen molar-refractivity contribution < 1.29 is 9.90 Å². The molecule has 0 saturated carbocycles. The number of rotatable bonds is 1. The molecule has 3 nitrogen and oxygen atoms in total. The molecule has 1 aromatic carbocycles. The number of carbonyl (C=O) groups is 1. The van der Waals surface area contributed by atoms with Gasteiger partial charge in [0.2, 0.25) is 0 Å². The third-order valence-corrected chi connectivity index (χ3v) is 1.28. The molecule has 0 bridgehead atoms. The minimum atomic E-state index is -1.07. The van der Waals surface area contributed by atoms with E-state index in [-0.39, 0.29) is 37.0 Å². The molecule has 0 aromatic heterocycles. The number of carboxylic acid groups (broad SMARTS) is 1. The van der Waals surface area contributed by atoms with Crippen LogP contribution in [0.1, 0.15) is 15.9 Å². The summed E-state index contributed by atoms with van der Waals surface area (Å²) in [6.45, 7) is 0. The Morgan fingerprint density at radius 2 is 2.00 bits per heavy atom. The number of carboxylic acids is 1. The van der Waals surface area contributed by atoms with Gasteiger partial charge in [0, 0.05) is 25.8 Å². The van der Waals surface area contributed by atoms with E-state index in [4.69, 9.17) is 10.4 Å². The summed E-state index contributed by atoms with van der Waals surface area (Å²) in [7, 11) is 0. The van der Waals surface area contributed by atoms with Crippen LogP contribution in [0.5, 0.6) is 0 Å². The van der Waals surface area contributed by atoms with E-state index in [9.17, 15) is 4.79 Å². The summed E-state index contributed by atoms with van der Waals surface area (Å²) < 4.78 is 0. The van der Waals surface area contributed by atoms with E-state index < -0.39 is 5.97 Å². The Balaban J connectivity index is 0.00000121. The normalized spacial score (nSPS) is 7.92. The molecule has 4 heteroatoms. The first-order valence-corrected chi connectivity index (χ1v) is 2.98. The van der Waals surface area contributed by atoms with Crippen molar-refractivity contribution in [3.63, 3.8) is 0 Å². The van der Waals surface area contributed by atoms with Crippen LogP contribution in [0.15, 0.2) is 24.3 Å². The zero-order valence-corrected chi connectivity index (χ0v) is 9.49. The van der Waals surface area contributed by atoms with Gasteiger partial charge in [0.25, 0.3) is 0 Å². The fraction of sp³-hybridized carbons (Fsp3) is 0. The Morgan fingerprint density at radius 1 is 1.42 bits per heavy atom. The van der Waals surface area contributed by atoms with Crippen LogP contribution in [0, 0.1) is 11.3 Å². The molecular weight excluding hydrogens is 257 g/mol. The van der Waals surface area contributed by atoms with Crippen molar-refractivity contribution in [2.45, 2.75) is 0 Å². The first-order valence-electron chi connectivity index (χ1n) is 2.98. The van der Waals surface area contributed by atoms with E-state index >= 15 is 0 Å². The second-order valence-corrected chi connectivity index (χ2v) is 1.96. The van der Waals surface area contributed by atoms with Crippen molar-refractivity contribution in [1.29, 1.82) is 5.26 Å². The molecule has 3 radical (unpaired) electrons. The number of benzene rings is 1. The molecule has 0 aliphatic carbocycles. The van der Waals surface area contributed by atoms with Gasteiger partial charge in [-0.1, -0.05) is 12.1 Å². The van der Waals surface area contributed by atoms with Crippen molar-refractivity contribution in [3.05, 3.63) is 35.4 Å². The third kappa shape index (κ3) is 2.28. The van der Waals surface area contributed by atoms with Gasteiger partial charge in [-0.15, -0.1) is 0 Å². The Morgan fingerprint density at radius 3 is 2.42 bits per heavy atom. The van der Waals surface area contributed by atoms with Gasteiger partial charge in [-0.3, -0.25) is 0 Å². The molecule has 1 N–H and O–H groups in total. The minimum Gasteiger partial charge on any atom is -0.478 e. The van der Waals surface area contributed by atoms with Crippen molar-refractivity contribution >= 4 is 31.8 Å². The van der Waals surface area contributed by atoms with Crippen LogP contribution in [0.2, 0.25) is 0 Å². The van der Waals surface area contributed by atoms with E-state index in [1.54, 1.807) is 18.2 Å². The number of nitrogens with zero attached hydrogens (tertiary/aromatic N) is 1. The Kier molecular flexibility index (Phi) is 4.45. The van der Waals surface area contributed by atoms with Crippen molar-refractivity contribution in [2.24, 2.45) is 0 Å². The maximum absolute atomic E-state index is 10.4. The van der Waals surface area contributed by atoms with Crippen molar-refractivity contribution in [3.8, 4) is 6.07 Å². The molecule has 0 aliphatic rings. The summed E-state index contributed by atoms with van der Waals surface area (Å²) in [4.78, 5) is 10.4. The summed E-state index contributed by atoms with van der Waals surface area (Å²) in [6.07, 6.45) is 0. The molecule has 57 valence electrons. The molecular formula is C8H5InNO2. The number of hydrogen-bond acceptors (Lipinski definition) is 2. The van der Waals surface area contributed by atoms with Crippen LogP contribution in [-0.4, -0.2) is 36.9 Å². The van der Waals surface area contributed by atoms with E-state index in [0.717, 1.165) is 0 Å². The predicted octanol–water partition coefficient (Wildman–Crippen LogP) is 0.876. The monoisotopic (exact) mass is 262 g/mol. The maximum atomic E-state index is 10.4. The Labute approximate surface area is 88.4 Å². The molecule has 1 aromatic rings. The Hall–Kier alpha value is -0.950. The van der Waals surface area contributed by atoms with Crippen molar-refractivity contribution in [1.82, 2.24) is 0 Å². The predicted molar refractivity (Wildman–Crippen MR) is 43.9 cm³/mol. The number of aromatic carboxylic acids is 1. The van der Waals surface area contributed by atoms with Crippen LogP contribution in [0.4, 0.5) is 0 Å². The molecule has 0 saturated heterocycles. The molecule has 0 fully saturated rings. The number of nitriles is 1. The molecule has 1 rings (SSSR count). The summed E-state index contributed by atoms with van der Waals surface area (Å²) in [6, 6.07) is 7.89. The summed E-state index contributed by atoms with van der Waals surface area (Å²) in [5.74, 6) is -1.07. The van der Waals surface area contributed by atoms with Gasteiger partial charge in [-0.05, 0) is 12.1 Å². The minimum absolute atomic E-state index is 0. The second-order valence-electron chi connectivity index (χ2n) is 1.96. The van der Waals surface area contributed by atoms with Gasteiger partial charge in [-0.25, -0.2) is 4.79 Å². The van der Waals surface area contributed by atoms with Gasteiger partial charge in [-0.2, -0.15) is 5.26 Å². The standard InChI is InChI=1S/C8H5NO2.In/c9-5-6-3-1-2-4-7(6)8(10)11;/h1-4H,(H,10,11);. The second kappa shape index (κ2) is 4.83. The summed E-state index contributed by atoms with van der Waals surface area (Å²) >= 11 is 0. The average Bonchev–Trinajstić information content (AvgIpc) is 2.04. The largest absolute Gasteiger partial charge is 0.478 e. The molecule has 0 heterocycles. The van der Waals surface area contributed by atoms with E-state index in [0.29, 0.717) is 0 Å². The quantitative estimate of drug-likeness (QED) is 0.816. The zero-order valence-electron chi connectivity index (χ0n) is 6.19. The third-order valence-electron chi connectivity index (χ3n) is 1.28. The van der Waals surface area contributed by atoms with E-state index in [1.807, 2.05) is 0 Å². The topological polar surface area (TPSA) is 61.1 Å². The van der Waals surface area contributed by atoms with Gasteiger partial charge >= 0.3 is 5.97 Å². The molecule has 0 unspecified atom stereocenters. The fourth-order valence-electron chi connectivity index (χ4n) is 0.767. The van der Waals surface area contributed by atoms with Gasteiger partial charge in [0.1, 0.15) is 6.07 Å². The maximum Gasteiger partial charge on any atom is 0.337 e. The van der Waals surface area contributed by atoms with Crippen LogP contribution in [-0.2, 0) is 0 Å². The van der Waals surface area contributed by atoms with E-state index in [1.165, 1.54) is 12.1 Å². The molecule has 0 aliphatic heterocycles. The Bertz CT molecular complexity index is 330. The summed E-state index contributed by atoms with van der Waals surface area (Å²) in [5, 5.41) is 17.0. The molecule has 0 spiro atoms. The SMILES string of the molecule is N#Cc1ccccc1C(=O)O.[In]. The van der Waals surface area contributed by atoms with Crippen LogP contribution < -0.4 is 0 Å². The molecule has 12 heavy (non-hydrogen) atoms. The van der Waals surface area contributed by atoms with Gasteiger partial charge < -0.3 is 5.11 Å². The van der Waals surface area contributed by atoms with Gasteiger partial charge in [0.15, 0.2) is 0 Å². The average molecular weight is 262 g/mol.